The molecule has 1 aliphatic heterocycles. The highest BCUT2D eigenvalue weighted by molar-refractivity contribution is 5.85. The fourth-order valence-electron chi connectivity index (χ4n) is 1.96. The Bertz CT molecular complexity index is 387. The molecule has 0 spiro atoms. The summed E-state index contributed by atoms with van der Waals surface area (Å²) < 4.78 is 24.0. The van der Waals surface area contributed by atoms with Crippen LogP contribution in [-0.4, -0.2) is 46.5 Å². The summed E-state index contributed by atoms with van der Waals surface area (Å²) in [6, 6.07) is 5.12. The molecule has 0 aliphatic carbocycles. The summed E-state index contributed by atoms with van der Waals surface area (Å²) >= 11 is 0. The molecule has 2 rings (SSSR count). The van der Waals surface area contributed by atoms with Crippen molar-refractivity contribution in [1.82, 2.24) is 5.32 Å². The number of ether oxygens (including phenoxy) is 2. The number of piperazine rings is 1. The Kier molecular flexibility index (Phi) is 6.91. The summed E-state index contributed by atoms with van der Waals surface area (Å²) in [5.41, 5.74) is 0.910. The van der Waals surface area contributed by atoms with Crippen LogP contribution in [0.5, 0.6) is 5.75 Å². The highest BCUT2D eigenvalue weighted by Gasteiger charge is 2.12. The van der Waals surface area contributed by atoms with E-state index in [1.54, 1.807) is 13.2 Å². The number of rotatable bonds is 5. The third kappa shape index (κ3) is 4.53. The minimum atomic E-state index is -0.317. The van der Waals surface area contributed by atoms with Crippen LogP contribution in [0, 0.1) is 5.82 Å². The molecular formula is C13H20ClFN2O2. The topological polar surface area (TPSA) is 33.7 Å². The second kappa shape index (κ2) is 8.19. The highest BCUT2D eigenvalue weighted by atomic mass is 35.5. The summed E-state index contributed by atoms with van der Waals surface area (Å²) in [7, 11) is 1.59. The average Bonchev–Trinajstić information content (AvgIpc) is 2.42. The van der Waals surface area contributed by atoms with Crippen molar-refractivity contribution in [2.45, 2.75) is 0 Å². The van der Waals surface area contributed by atoms with E-state index >= 15 is 0 Å². The van der Waals surface area contributed by atoms with Gasteiger partial charge in [0.25, 0.3) is 0 Å². The van der Waals surface area contributed by atoms with E-state index in [9.17, 15) is 4.39 Å². The van der Waals surface area contributed by atoms with Crippen molar-refractivity contribution in [3.05, 3.63) is 24.0 Å². The lowest BCUT2D eigenvalue weighted by Crippen LogP contribution is -2.43. The lowest BCUT2D eigenvalue weighted by molar-refractivity contribution is 0.144. The van der Waals surface area contributed by atoms with E-state index in [0.717, 1.165) is 31.9 Å². The number of nitrogens with one attached hydrogen (secondary N) is 1. The molecule has 108 valence electrons. The van der Waals surface area contributed by atoms with E-state index in [1.807, 2.05) is 6.07 Å². The van der Waals surface area contributed by atoms with Gasteiger partial charge in [-0.1, -0.05) is 0 Å². The summed E-state index contributed by atoms with van der Waals surface area (Å²) in [6.07, 6.45) is 0. The number of halogens is 2. The fraction of sp³-hybridized carbons (Fsp3) is 0.538. The van der Waals surface area contributed by atoms with E-state index in [0.29, 0.717) is 13.2 Å². The SMILES string of the molecule is COCCOc1ccc(N2CCNCC2)cc1F.Cl. The van der Waals surface area contributed by atoms with Crippen LogP contribution < -0.4 is 15.0 Å². The van der Waals surface area contributed by atoms with Crippen LogP contribution in [0.1, 0.15) is 0 Å². The molecule has 19 heavy (non-hydrogen) atoms. The highest BCUT2D eigenvalue weighted by Crippen LogP contribution is 2.24. The maximum atomic E-state index is 13.8. The number of benzene rings is 1. The third-order valence-corrected chi connectivity index (χ3v) is 2.94. The first-order valence-corrected chi connectivity index (χ1v) is 6.18. The molecule has 0 aromatic heterocycles. The zero-order valence-electron chi connectivity index (χ0n) is 11.0. The summed E-state index contributed by atoms with van der Waals surface area (Å²) in [4.78, 5) is 2.17. The second-order valence-electron chi connectivity index (χ2n) is 4.19. The van der Waals surface area contributed by atoms with E-state index in [2.05, 4.69) is 10.2 Å². The van der Waals surface area contributed by atoms with Gasteiger partial charge < -0.3 is 19.7 Å². The quantitative estimate of drug-likeness (QED) is 0.837. The molecule has 1 aliphatic rings. The van der Waals surface area contributed by atoms with Crippen molar-refractivity contribution in [2.24, 2.45) is 0 Å². The number of hydrogen-bond donors (Lipinski definition) is 1. The van der Waals surface area contributed by atoms with Crippen LogP contribution in [0.4, 0.5) is 10.1 Å². The Morgan fingerprint density at radius 3 is 2.63 bits per heavy atom. The Labute approximate surface area is 119 Å². The summed E-state index contributed by atoms with van der Waals surface area (Å²) in [5, 5.41) is 3.27. The number of methoxy groups -OCH3 is 1. The van der Waals surface area contributed by atoms with Crippen LogP contribution >= 0.6 is 12.4 Å². The van der Waals surface area contributed by atoms with Crippen LogP contribution in [0.2, 0.25) is 0 Å². The molecule has 1 N–H and O–H groups in total. The maximum absolute atomic E-state index is 13.8. The molecule has 0 atom stereocenters. The van der Waals surface area contributed by atoms with Gasteiger partial charge in [-0.25, -0.2) is 4.39 Å². The monoisotopic (exact) mass is 290 g/mol. The molecule has 1 heterocycles. The molecule has 0 amide bonds. The van der Waals surface area contributed by atoms with Crippen molar-refractivity contribution in [3.63, 3.8) is 0 Å². The Morgan fingerprint density at radius 1 is 1.26 bits per heavy atom. The Hall–Kier alpha value is -1.04. The molecule has 1 saturated heterocycles. The average molecular weight is 291 g/mol. The molecule has 6 heteroatoms. The minimum Gasteiger partial charge on any atom is -0.488 e. The number of nitrogens with zero attached hydrogens (tertiary/aromatic N) is 1. The predicted octanol–water partition coefficient (Wildman–Crippen LogP) is 1.68. The first-order valence-electron chi connectivity index (χ1n) is 6.18. The molecule has 0 bridgehead atoms. The molecule has 1 fully saturated rings. The van der Waals surface area contributed by atoms with Gasteiger partial charge in [0.05, 0.1) is 6.61 Å². The lowest BCUT2D eigenvalue weighted by atomic mass is 10.2. The molecule has 1 aromatic rings. The normalized spacial score (nSPS) is 14.9. The van der Waals surface area contributed by atoms with Gasteiger partial charge in [0.2, 0.25) is 0 Å². The van der Waals surface area contributed by atoms with Gasteiger partial charge in [-0.05, 0) is 12.1 Å². The zero-order chi connectivity index (χ0) is 12.8. The lowest BCUT2D eigenvalue weighted by Gasteiger charge is -2.29. The molecule has 1 aromatic carbocycles. The largest absolute Gasteiger partial charge is 0.488 e. The van der Waals surface area contributed by atoms with Gasteiger partial charge in [0, 0.05) is 45.0 Å². The van der Waals surface area contributed by atoms with Crippen LogP contribution in [0.15, 0.2) is 18.2 Å². The zero-order valence-corrected chi connectivity index (χ0v) is 11.8. The fourth-order valence-corrected chi connectivity index (χ4v) is 1.96. The van der Waals surface area contributed by atoms with Gasteiger partial charge in [0.15, 0.2) is 11.6 Å². The van der Waals surface area contributed by atoms with Crippen molar-refractivity contribution >= 4 is 18.1 Å². The molecule has 0 unspecified atom stereocenters. The summed E-state index contributed by atoms with van der Waals surface area (Å²) in [6.45, 7) is 4.51. The second-order valence-corrected chi connectivity index (χ2v) is 4.19. The Morgan fingerprint density at radius 2 is 2.00 bits per heavy atom. The van der Waals surface area contributed by atoms with Crippen LogP contribution in [0.25, 0.3) is 0 Å². The number of hydrogen-bond acceptors (Lipinski definition) is 4. The molecular weight excluding hydrogens is 271 g/mol. The van der Waals surface area contributed by atoms with Gasteiger partial charge in [-0.3, -0.25) is 0 Å². The minimum absolute atomic E-state index is 0. The molecule has 0 saturated carbocycles. The maximum Gasteiger partial charge on any atom is 0.167 e. The van der Waals surface area contributed by atoms with E-state index in [1.165, 1.54) is 6.07 Å². The third-order valence-electron chi connectivity index (χ3n) is 2.94. The van der Waals surface area contributed by atoms with Gasteiger partial charge in [0.1, 0.15) is 6.61 Å². The standard InChI is InChI=1S/C13H19FN2O2.ClH/c1-17-8-9-18-13-3-2-11(10-12(13)14)16-6-4-15-5-7-16;/h2-3,10,15H,4-9H2,1H3;1H. The molecule has 0 radical (unpaired) electrons. The summed E-state index contributed by atoms with van der Waals surface area (Å²) in [5.74, 6) is -0.0342. The van der Waals surface area contributed by atoms with Crippen molar-refractivity contribution < 1.29 is 13.9 Å². The first kappa shape index (κ1) is 16.0. The smallest absolute Gasteiger partial charge is 0.167 e. The first-order chi connectivity index (χ1) is 8.81. The van der Waals surface area contributed by atoms with Gasteiger partial charge in [-0.15, -0.1) is 12.4 Å². The van der Waals surface area contributed by atoms with Crippen LogP contribution in [-0.2, 0) is 4.74 Å². The van der Waals surface area contributed by atoms with Crippen molar-refractivity contribution in [3.8, 4) is 5.75 Å². The van der Waals surface area contributed by atoms with Crippen molar-refractivity contribution in [2.75, 3.05) is 51.4 Å². The number of anilines is 1. The van der Waals surface area contributed by atoms with Crippen molar-refractivity contribution in [1.29, 1.82) is 0 Å². The van der Waals surface area contributed by atoms with Crippen LogP contribution in [0.3, 0.4) is 0 Å². The van der Waals surface area contributed by atoms with Gasteiger partial charge in [-0.2, -0.15) is 0 Å². The van der Waals surface area contributed by atoms with Gasteiger partial charge >= 0.3 is 0 Å². The molecule has 4 nitrogen and oxygen atoms in total. The van der Waals surface area contributed by atoms with E-state index < -0.39 is 0 Å². The Balaban J connectivity index is 0.00000180. The predicted molar refractivity (Wildman–Crippen MR) is 76.1 cm³/mol. The van der Waals surface area contributed by atoms with E-state index in [-0.39, 0.29) is 24.0 Å². The van der Waals surface area contributed by atoms with E-state index in [4.69, 9.17) is 9.47 Å².